The Morgan fingerprint density at radius 1 is 1.00 bits per heavy atom. The molecule has 0 unspecified atom stereocenters. The minimum atomic E-state index is -3.67. The van der Waals surface area contributed by atoms with Gasteiger partial charge in [0.15, 0.2) is 0 Å². The molecule has 0 saturated carbocycles. The highest BCUT2D eigenvalue weighted by Gasteiger charge is 2.26. The van der Waals surface area contributed by atoms with Crippen molar-refractivity contribution in [1.29, 1.82) is 0 Å². The van der Waals surface area contributed by atoms with Crippen molar-refractivity contribution in [3.05, 3.63) is 64.1 Å². The van der Waals surface area contributed by atoms with E-state index in [9.17, 15) is 8.42 Å². The van der Waals surface area contributed by atoms with Gasteiger partial charge in [-0.3, -0.25) is 0 Å². The van der Waals surface area contributed by atoms with Gasteiger partial charge in [0.2, 0.25) is 10.0 Å². The molecule has 0 spiro atoms. The van der Waals surface area contributed by atoms with Gasteiger partial charge in [0, 0.05) is 5.54 Å². The third kappa shape index (κ3) is 4.46. The van der Waals surface area contributed by atoms with E-state index in [0.29, 0.717) is 11.4 Å². The van der Waals surface area contributed by atoms with Crippen LogP contribution in [-0.4, -0.2) is 14.0 Å². The standard InChI is InChI=1S/C16H17Cl2NO2S/c1-16(2,11-12-6-4-3-5-7-12)19-22(20,21)13-8-9-14(17)15(18)10-13/h3-10,19H,11H2,1-2H3. The zero-order valence-electron chi connectivity index (χ0n) is 12.3. The monoisotopic (exact) mass is 357 g/mol. The van der Waals surface area contributed by atoms with Gasteiger partial charge < -0.3 is 0 Å². The summed E-state index contributed by atoms with van der Waals surface area (Å²) in [7, 11) is -3.67. The van der Waals surface area contributed by atoms with Gasteiger partial charge in [0.05, 0.1) is 14.9 Å². The highest BCUT2D eigenvalue weighted by molar-refractivity contribution is 7.89. The molecule has 0 heterocycles. The summed E-state index contributed by atoms with van der Waals surface area (Å²) in [6, 6.07) is 14.0. The van der Waals surface area contributed by atoms with E-state index in [1.54, 1.807) is 0 Å². The summed E-state index contributed by atoms with van der Waals surface area (Å²) in [5.74, 6) is 0. The van der Waals surface area contributed by atoms with Crippen LogP contribution in [0.5, 0.6) is 0 Å². The first kappa shape index (κ1) is 17.3. The average molecular weight is 358 g/mol. The number of rotatable bonds is 5. The van der Waals surface area contributed by atoms with E-state index in [0.717, 1.165) is 5.56 Å². The molecule has 0 atom stereocenters. The summed E-state index contributed by atoms with van der Waals surface area (Å²) in [6.45, 7) is 3.68. The average Bonchev–Trinajstić information content (AvgIpc) is 2.41. The lowest BCUT2D eigenvalue weighted by molar-refractivity contribution is 0.450. The predicted molar refractivity (Wildman–Crippen MR) is 91.0 cm³/mol. The molecular formula is C16H17Cl2NO2S. The van der Waals surface area contributed by atoms with Gasteiger partial charge in [-0.1, -0.05) is 53.5 Å². The molecule has 2 aromatic rings. The number of nitrogens with one attached hydrogen (secondary N) is 1. The third-order valence-electron chi connectivity index (χ3n) is 3.10. The number of sulfonamides is 1. The molecule has 118 valence electrons. The Morgan fingerprint density at radius 2 is 1.64 bits per heavy atom. The highest BCUT2D eigenvalue weighted by Crippen LogP contribution is 2.25. The van der Waals surface area contributed by atoms with Crippen LogP contribution in [0, 0.1) is 0 Å². The Hall–Kier alpha value is -1.07. The van der Waals surface area contributed by atoms with Crippen molar-refractivity contribution in [1.82, 2.24) is 4.72 Å². The van der Waals surface area contributed by atoms with Crippen molar-refractivity contribution >= 4 is 33.2 Å². The minimum absolute atomic E-state index is 0.100. The summed E-state index contributed by atoms with van der Waals surface area (Å²) in [4.78, 5) is 0.100. The molecule has 0 aromatic heterocycles. The molecule has 0 saturated heterocycles. The Kier molecular flexibility index (Phi) is 5.17. The van der Waals surface area contributed by atoms with Crippen LogP contribution in [0.1, 0.15) is 19.4 Å². The molecule has 0 aliphatic carbocycles. The van der Waals surface area contributed by atoms with Gasteiger partial charge in [0.1, 0.15) is 0 Å². The van der Waals surface area contributed by atoms with Crippen molar-refractivity contribution in [3.8, 4) is 0 Å². The SMILES string of the molecule is CC(C)(Cc1ccccc1)NS(=O)(=O)c1ccc(Cl)c(Cl)c1. The van der Waals surface area contributed by atoms with Crippen LogP contribution in [0.15, 0.2) is 53.4 Å². The number of halogens is 2. The third-order valence-corrected chi connectivity index (χ3v) is 5.54. The Balaban J connectivity index is 2.21. The second kappa shape index (κ2) is 6.59. The Labute approximate surface area is 141 Å². The zero-order chi connectivity index (χ0) is 16.4. The molecule has 2 aromatic carbocycles. The molecule has 0 amide bonds. The van der Waals surface area contributed by atoms with Gasteiger partial charge >= 0.3 is 0 Å². The molecule has 0 aliphatic rings. The maximum Gasteiger partial charge on any atom is 0.241 e. The zero-order valence-corrected chi connectivity index (χ0v) is 14.6. The van der Waals surface area contributed by atoms with Gasteiger partial charge in [-0.2, -0.15) is 0 Å². The van der Waals surface area contributed by atoms with Crippen molar-refractivity contribution in [2.24, 2.45) is 0 Å². The van der Waals surface area contributed by atoms with Crippen LogP contribution < -0.4 is 4.72 Å². The topological polar surface area (TPSA) is 46.2 Å². The maximum absolute atomic E-state index is 12.5. The second-order valence-electron chi connectivity index (χ2n) is 5.73. The molecule has 0 radical (unpaired) electrons. The van der Waals surface area contributed by atoms with Crippen molar-refractivity contribution < 1.29 is 8.42 Å². The molecule has 0 fully saturated rings. The maximum atomic E-state index is 12.5. The Bertz CT molecular complexity index is 759. The van der Waals surface area contributed by atoms with Crippen molar-refractivity contribution in [3.63, 3.8) is 0 Å². The van der Waals surface area contributed by atoms with E-state index < -0.39 is 15.6 Å². The van der Waals surface area contributed by atoms with Crippen molar-refractivity contribution in [2.45, 2.75) is 30.7 Å². The number of benzene rings is 2. The molecule has 0 bridgehead atoms. The minimum Gasteiger partial charge on any atom is -0.207 e. The number of hydrogen-bond acceptors (Lipinski definition) is 2. The Morgan fingerprint density at radius 3 is 2.23 bits per heavy atom. The smallest absolute Gasteiger partial charge is 0.207 e. The van der Waals surface area contributed by atoms with E-state index in [1.165, 1.54) is 18.2 Å². The molecule has 3 nitrogen and oxygen atoms in total. The van der Waals surface area contributed by atoms with Gasteiger partial charge in [-0.15, -0.1) is 0 Å². The molecular weight excluding hydrogens is 341 g/mol. The lowest BCUT2D eigenvalue weighted by Crippen LogP contribution is -2.44. The summed E-state index contributed by atoms with van der Waals surface area (Å²) >= 11 is 11.7. The van der Waals surface area contributed by atoms with Crippen LogP contribution in [0.4, 0.5) is 0 Å². The van der Waals surface area contributed by atoms with Crippen LogP contribution in [0.3, 0.4) is 0 Å². The largest absolute Gasteiger partial charge is 0.241 e. The first-order valence-electron chi connectivity index (χ1n) is 6.73. The summed E-state index contributed by atoms with van der Waals surface area (Å²) in [6.07, 6.45) is 0.578. The van der Waals surface area contributed by atoms with E-state index >= 15 is 0 Å². The van der Waals surface area contributed by atoms with Crippen LogP contribution in [0.25, 0.3) is 0 Å². The highest BCUT2D eigenvalue weighted by atomic mass is 35.5. The first-order chi connectivity index (χ1) is 10.2. The molecule has 1 N–H and O–H groups in total. The van der Waals surface area contributed by atoms with E-state index in [4.69, 9.17) is 23.2 Å². The molecule has 0 aliphatic heterocycles. The van der Waals surface area contributed by atoms with Crippen LogP contribution in [0.2, 0.25) is 10.0 Å². The fourth-order valence-electron chi connectivity index (χ4n) is 2.21. The van der Waals surface area contributed by atoms with Gasteiger partial charge in [-0.05, 0) is 44.0 Å². The van der Waals surface area contributed by atoms with E-state index in [-0.39, 0.29) is 9.92 Å². The van der Waals surface area contributed by atoms with E-state index in [2.05, 4.69) is 4.72 Å². The van der Waals surface area contributed by atoms with Crippen molar-refractivity contribution in [2.75, 3.05) is 0 Å². The van der Waals surface area contributed by atoms with Crippen LogP contribution >= 0.6 is 23.2 Å². The lowest BCUT2D eigenvalue weighted by Gasteiger charge is -2.26. The van der Waals surface area contributed by atoms with Gasteiger partial charge in [0.25, 0.3) is 0 Å². The molecule has 2 rings (SSSR count). The number of hydrogen-bond donors (Lipinski definition) is 1. The summed E-state index contributed by atoms with van der Waals surface area (Å²) < 4.78 is 27.7. The first-order valence-corrected chi connectivity index (χ1v) is 8.96. The lowest BCUT2D eigenvalue weighted by atomic mass is 9.96. The predicted octanol–water partition coefficient (Wildman–Crippen LogP) is 4.29. The normalized spacial score (nSPS) is 12.4. The van der Waals surface area contributed by atoms with E-state index in [1.807, 2.05) is 44.2 Å². The van der Waals surface area contributed by atoms with Crippen LogP contribution in [-0.2, 0) is 16.4 Å². The summed E-state index contributed by atoms with van der Waals surface area (Å²) in [5, 5.41) is 0.537. The quantitative estimate of drug-likeness (QED) is 0.867. The second-order valence-corrected chi connectivity index (χ2v) is 8.22. The molecule has 22 heavy (non-hydrogen) atoms. The fraction of sp³-hybridized carbons (Fsp3) is 0.250. The molecule has 6 heteroatoms. The van der Waals surface area contributed by atoms with Gasteiger partial charge in [-0.25, -0.2) is 13.1 Å². The fourth-order valence-corrected chi connectivity index (χ4v) is 4.01. The summed E-state index contributed by atoms with van der Waals surface area (Å²) in [5.41, 5.74) is 0.427.